The summed E-state index contributed by atoms with van der Waals surface area (Å²) in [6, 6.07) is 10.0. The smallest absolute Gasteiger partial charge is 0.243 e. The van der Waals surface area contributed by atoms with Crippen LogP contribution in [0.3, 0.4) is 0 Å². The first-order chi connectivity index (χ1) is 9.97. The normalized spacial score (nSPS) is 10.3. The van der Waals surface area contributed by atoms with Gasteiger partial charge in [0.25, 0.3) is 0 Å². The molecule has 21 heavy (non-hydrogen) atoms. The molecule has 0 aliphatic rings. The molecule has 3 nitrogen and oxygen atoms in total. The van der Waals surface area contributed by atoms with Crippen LogP contribution in [0.2, 0.25) is 20.1 Å². The molecule has 2 N–H and O–H groups in total. The molecule has 0 aliphatic heterocycles. The zero-order valence-corrected chi connectivity index (χ0v) is 13.6. The summed E-state index contributed by atoms with van der Waals surface area (Å²) < 4.78 is 0. The van der Waals surface area contributed by atoms with Crippen LogP contribution in [0.25, 0.3) is 0 Å². The van der Waals surface area contributed by atoms with E-state index in [0.29, 0.717) is 31.5 Å². The molecule has 0 atom stereocenters. The number of nitrogens with one attached hydrogen (secondary N) is 2. The van der Waals surface area contributed by atoms with E-state index in [-0.39, 0.29) is 12.5 Å². The minimum absolute atomic E-state index is 0.0412. The van der Waals surface area contributed by atoms with Crippen LogP contribution in [0.5, 0.6) is 0 Å². The van der Waals surface area contributed by atoms with E-state index < -0.39 is 0 Å². The Labute approximate surface area is 142 Å². The molecule has 0 spiro atoms. The SMILES string of the molecule is O=C(CNc1ccc(Cl)c(Cl)c1)Nc1c(Cl)cccc1Cl. The Balaban J connectivity index is 1.97. The molecule has 2 aromatic rings. The van der Waals surface area contributed by atoms with Gasteiger partial charge in [0.2, 0.25) is 5.91 Å². The van der Waals surface area contributed by atoms with Crippen molar-refractivity contribution in [2.45, 2.75) is 0 Å². The van der Waals surface area contributed by atoms with Crippen molar-refractivity contribution < 1.29 is 4.79 Å². The van der Waals surface area contributed by atoms with E-state index in [1.54, 1.807) is 36.4 Å². The quantitative estimate of drug-likeness (QED) is 0.768. The fourth-order valence-corrected chi connectivity index (χ4v) is 2.38. The predicted octanol–water partition coefficient (Wildman–Crippen LogP) is 5.35. The molecule has 7 heteroatoms. The molecule has 0 saturated carbocycles. The monoisotopic (exact) mass is 362 g/mol. The van der Waals surface area contributed by atoms with E-state index in [2.05, 4.69) is 10.6 Å². The maximum atomic E-state index is 11.9. The van der Waals surface area contributed by atoms with Gasteiger partial charge in [0.1, 0.15) is 0 Å². The Bertz CT molecular complexity index is 656. The first-order valence-corrected chi connectivity index (χ1v) is 7.41. The minimum Gasteiger partial charge on any atom is -0.376 e. The van der Waals surface area contributed by atoms with Crippen molar-refractivity contribution in [2.75, 3.05) is 17.2 Å². The van der Waals surface area contributed by atoms with Gasteiger partial charge in [-0.05, 0) is 30.3 Å². The number of carbonyl (C=O) groups is 1. The van der Waals surface area contributed by atoms with Crippen LogP contribution in [0, 0.1) is 0 Å². The maximum Gasteiger partial charge on any atom is 0.243 e. The summed E-state index contributed by atoms with van der Waals surface area (Å²) >= 11 is 23.7. The number of carbonyl (C=O) groups excluding carboxylic acids is 1. The molecule has 0 heterocycles. The highest BCUT2D eigenvalue weighted by molar-refractivity contribution is 6.42. The maximum absolute atomic E-state index is 11.9. The molecular weight excluding hydrogens is 354 g/mol. The lowest BCUT2D eigenvalue weighted by molar-refractivity contribution is -0.114. The summed E-state index contributed by atoms with van der Waals surface area (Å²) in [5, 5.41) is 7.21. The number of hydrogen-bond donors (Lipinski definition) is 2. The fourth-order valence-electron chi connectivity index (χ4n) is 1.59. The van der Waals surface area contributed by atoms with Gasteiger partial charge in [-0.1, -0.05) is 52.5 Å². The summed E-state index contributed by atoms with van der Waals surface area (Å²) in [6.45, 7) is 0.0412. The molecule has 0 fully saturated rings. The second-order valence-corrected chi connectivity index (χ2v) is 5.76. The fraction of sp³-hybridized carbons (Fsp3) is 0.0714. The molecule has 1 amide bonds. The zero-order valence-electron chi connectivity index (χ0n) is 10.6. The van der Waals surface area contributed by atoms with Crippen molar-refractivity contribution >= 4 is 63.7 Å². The van der Waals surface area contributed by atoms with Gasteiger partial charge in [-0.2, -0.15) is 0 Å². The van der Waals surface area contributed by atoms with Crippen LogP contribution in [-0.2, 0) is 4.79 Å². The highest BCUT2D eigenvalue weighted by Gasteiger charge is 2.09. The Morgan fingerprint density at radius 1 is 0.905 bits per heavy atom. The standard InChI is InChI=1S/C14H10Cl4N2O/c15-9-5-4-8(6-12(9)18)19-7-13(21)20-14-10(16)2-1-3-11(14)17/h1-6,19H,7H2,(H,20,21). The van der Waals surface area contributed by atoms with Crippen LogP contribution < -0.4 is 10.6 Å². The Kier molecular flexibility index (Phi) is 5.59. The minimum atomic E-state index is -0.281. The number of benzene rings is 2. The van der Waals surface area contributed by atoms with Crippen LogP contribution >= 0.6 is 46.4 Å². The van der Waals surface area contributed by atoms with Crippen molar-refractivity contribution in [1.82, 2.24) is 0 Å². The van der Waals surface area contributed by atoms with E-state index in [1.165, 1.54) is 0 Å². The van der Waals surface area contributed by atoms with Crippen molar-refractivity contribution in [3.63, 3.8) is 0 Å². The van der Waals surface area contributed by atoms with Gasteiger partial charge in [0, 0.05) is 5.69 Å². The van der Waals surface area contributed by atoms with Gasteiger partial charge in [0.15, 0.2) is 0 Å². The molecule has 0 radical (unpaired) electrons. The highest BCUT2D eigenvalue weighted by atomic mass is 35.5. The number of anilines is 2. The number of halogens is 4. The lowest BCUT2D eigenvalue weighted by Crippen LogP contribution is -2.22. The first-order valence-electron chi connectivity index (χ1n) is 5.90. The largest absolute Gasteiger partial charge is 0.376 e. The average Bonchev–Trinajstić information content (AvgIpc) is 2.44. The van der Waals surface area contributed by atoms with Crippen molar-refractivity contribution in [2.24, 2.45) is 0 Å². The zero-order chi connectivity index (χ0) is 15.4. The molecular formula is C14H10Cl4N2O. The Hall–Kier alpha value is -1.13. The summed E-state index contributed by atoms with van der Waals surface area (Å²) in [5.74, 6) is -0.281. The van der Waals surface area contributed by atoms with Gasteiger partial charge >= 0.3 is 0 Å². The van der Waals surface area contributed by atoms with E-state index in [1.807, 2.05) is 0 Å². The van der Waals surface area contributed by atoms with E-state index in [4.69, 9.17) is 46.4 Å². The van der Waals surface area contributed by atoms with E-state index in [0.717, 1.165) is 0 Å². The number of rotatable bonds is 4. The van der Waals surface area contributed by atoms with Gasteiger partial charge in [-0.25, -0.2) is 0 Å². The number of para-hydroxylation sites is 1. The van der Waals surface area contributed by atoms with Crippen LogP contribution in [0.1, 0.15) is 0 Å². The van der Waals surface area contributed by atoms with Crippen LogP contribution in [0.4, 0.5) is 11.4 Å². The summed E-state index contributed by atoms with van der Waals surface area (Å²) in [5.41, 5.74) is 1.08. The molecule has 2 aromatic carbocycles. The van der Waals surface area contributed by atoms with Crippen molar-refractivity contribution in [1.29, 1.82) is 0 Å². The third kappa shape index (κ3) is 4.42. The van der Waals surface area contributed by atoms with Gasteiger partial charge < -0.3 is 10.6 Å². The van der Waals surface area contributed by atoms with Crippen molar-refractivity contribution in [3.05, 3.63) is 56.5 Å². The van der Waals surface area contributed by atoms with Crippen LogP contribution in [-0.4, -0.2) is 12.5 Å². The third-order valence-electron chi connectivity index (χ3n) is 2.60. The topological polar surface area (TPSA) is 41.1 Å². The lowest BCUT2D eigenvalue weighted by Gasteiger charge is -2.10. The second-order valence-electron chi connectivity index (χ2n) is 4.13. The summed E-state index contributed by atoms with van der Waals surface area (Å²) in [7, 11) is 0. The Morgan fingerprint density at radius 2 is 1.57 bits per heavy atom. The predicted molar refractivity (Wildman–Crippen MR) is 90.0 cm³/mol. The van der Waals surface area contributed by atoms with E-state index in [9.17, 15) is 4.79 Å². The van der Waals surface area contributed by atoms with E-state index >= 15 is 0 Å². The molecule has 2 rings (SSSR count). The summed E-state index contributed by atoms with van der Waals surface area (Å²) in [6.07, 6.45) is 0. The molecule has 0 aromatic heterocycles. The lowest BCUT2D eigenvalue weighted by atomic mass is 10.3. The van der Waals surface area contributed by atoms with Gasteiger partial charge in [0.05, 0.1) is 32.3 Å². The van der Waals surface area contributed by atoms with Gasteiger partial charge in [-0.3, -0.25) is 4.79 Å². The van der Waals surface area contributed by atoms with Gasteiger partial charge in [-0.15, -0.1) is 0 Å². The molecule has 110 valence electrons. The second kappa shape index (κ2) is 7.23. The number of hydrogen-bond acceptors (Lipinski definition) is 2. The molecule has 0 aliphatic carbocycles. The molecule has 0 unspecified atom stereocenters. The molecule has 0 saturated heterocycles. The average molecular weight is 364 g/mol. The number of amides is 1. The Morgan fingerprint density at radius 3 is 2.19 bits per heavy atom. The molecule has 0 bridgehead atoms. The summed E-state index contributed by atoms with van der Waals surface area (Å²) in [4.78, 5) is 11.9. The first kappa shape index (κ1) is 16.2. The van der Waals surface area contributed by atoms with Crippen molar-refractivity contribution in [3.8, 4) is 0 Å². The highest BCUT2D eigenvalue weighted by Crippen LogP contribution is 2.29. The third-order valence-corrected chi connectivity index (χ3v) is 3.97. The van der Waals surface area contributed by atoms with Crippen LogP contribution in [0.15, 0.2) is 36.4 Å².